The van der Waals surface area contributed by atoms with Crippen molar-refractivity contribution in [1.29, 1.82) is 0 Å². The van der Waals surface area contributed by atoms with Crippen LogP contribution >= 0.6 is 0 Å². The molecule has 1 atom stereocenters. The molecule has 2 heterocycles. The average molecular weight is 467 g/mol. The van der Waals surface area contributed by atoms with Crippen LogP contribution in [0.5, 0.6) is 5.75 Å². The summed E-state index contributed by atoms with van der Waals surface area (Å²) >= 11 is 0. The molecular formula is C24H30N6O4. The van der Waals surface area contributed by atoms with Crippen LogP contribution in [0.3, 0.4) is 0 Å². The Labute approximate surface area is 197 Å². The van der Waals surface area contributed by atoms with Crippen LogP contribution in [-0.4, -0.2) is 83.4 Å². The number of carbonyl (C=O) groups is 2. The Morgan fingerprint density at radius 2 is 1.85 bits per heavy atom. The number of methoxy groups -OCH3 is 1. The lowest BCUT2D eigenvalue weighted by atomic mass is 10.1. The number of amides is 3. The van der Waals surface area contributed by atoms with Crippen molar-refractivity contribution in [2.45, 2.75) is 12.5 Å². The highest BCUT2D eigenvalue weighted by atomic mass is 16.5. The van der Waals surface area contributed by atoms with E-state index in [4.69, 9.17) is 9.84 Å². The van der Waals surface area contributed by atoms with Crippen molar-refractivity contribution in [2.24, 2.45) is 0 Å². The molecule has 0 saturated carbocycles. The standard InChI is InChI=1S/C24H30N6O4/c1-34-18-8-6-17(7-9-18)16-21(22-26-19-4-2-3-5-20(19)27-22)28-23(31)25-10-11-29-12-14-30(15-13-29)24(32)33/h2-9,21H,10-16H2,1H3,(H,26,27)(H,32,33)(H2,25,28,31). The van der Waals surface area contributed by atoms with Crippen molar-refractivity contribution < 1.29 is 19.4 Å². The Morgan fingerprint density at radius 1 is 1.12 bits per heavy atom. The fourth-order valence-electron chi connectivity index (χ4n) is 4.05. The number of aromatic amines is 1. The van der Waals surface area contributed by atoms with E-state index in [1.807, 2.05) is 48.5 Å². The van der Waals surface area contributed by atoms with Gasteiger partial charge in [0.25, 0.3) is 0 Å². The van der Waals surface area contributed by atoms with Gasteiger partial charge in [-0.3, -0.25) is 4.90 Å². The number of ether oxygens (including phenoxy) is 1. The zero-order chi connectivity index (χ0) is 23.9. The summed E-state index contributed by atoms with van der Waals surface area (Å²) in [5, 5.41) is 15.0. The summed E-state index contributed by atoms with van der Waals surface area (Å²) in [5.41, 5.74) is 2.81. The van der Waals surface area contributed by atoms with Gasteiger partial charge < -0.3 is 30.4 Å². The van der Waals surface area contributed by atoms with Crippen molar-refractivity contribution in [1.82, 2.24) is 30.4 Å². The first kappa shape index (κ1) is 23.4. The maximum absolute atomic E-state index is 12.7. The molecule has 10 nitrogen and oxygen atoms in total. The fraction of sp³-hybridized carbons (Fsp3) is 0.375. The summed E-state index contributed by atoms with van der Waals surface area (Å²) in [6.07, 6.45) is -0.320. The number of carbonyl (C=O) groups excluding carboxylic acids is 1. The normalized spacial score (nSPS) is 15.1. The van der Waals surface area contributed by atoms with Gasteiger partial charge in [-0.05, 0) is 36.2 Å². The molecule has 34 heavy (non-hydrogen) atoms. The molecule has 3 amide bonds. The number of benzene rings is 2. The maximum Gasteiger partial charge on any atom is 0.407 e. The lowest BCUT2D eigenvalue weighted by molar-refractivity contribution is 0.106. The molecule has 0 bridgehead atoms. The first-order chi connectivity index (χ1) is 16.5. The third-order valence-electron chi connectivity index (χ3n) is 6.00. The number of imidazole rings is 1. The maximum atomic E-state index is 12.7. The molecule has 180 valence electrons. The molecule has 0 aliphatic carbocycles. The van der Waals surface area contributed by atoms with Gasteiger partial charge in [0.1, 0.15) is 11.6 Å². The van der Waals surface area contributed by atoms with Crippen LogP contribution in [0.2, 0.25) is 0 Å². The zero-order valence-corrected chi connectivity index (χ0v) is 19.2. The Kier molecular flexibility index (Phi) is 7.48. The second-order valence-electron chi connectivity index (χ2n) is 8.26. The van der Waals surface area contributed by atoms with E-state index in [1.54, 1.807) is 7.11 Å². The Balaban J connectivity index is 1.36. The lowest BCUT2D eigenvalue weighted by Crippen LogP contribution is -2.50. The Morgan fingerprint density at radius 3 is 2.53 bits per heavy atom. The first-order valence-corrected chi connectivity index (χ1v) is 11.3. The smallest absolute Gasteiger partial charge is 0.407 e. The summed E-state index contributed by atoms with van der Waals surface area (Å²) in [4.78, 5) is 35.3. The highest BCUT2D eigenvalue weighted by Gasteiger charge is 2.21. The number of hydrogen-bond donors (Lipinski definition) is 4. The number of carboxylic acid groups (broad SMARTS) is 1. The van der Waals surface area contributed by atoms with Gasteiger partial charge in [0, 0.05) is 39.3 Å². The molecule has 3 aromatic rings. The first-order valence-electron chi connectivity index (χ1n) is 11.3. The monoisotopic (exact) mass is 466 g/mol. The van der Waals surface area contributed by atoms with Crippen LogP contribution in [0.1, 0.15) is 17.4 Å². The molecule has 1 aromatic heterocycles. The number of rotatable bonds is 8. The summed E-state index contributed by atoms with van der Waals surface area (Å²) in [6.45, 7) is 3.42. The molecule has 1 unspecified atom stereocenters. The van der Waals surface area contributed by atoms with Crippen molar-refractivity contribution >= 4 is 23.2 Å². The third-order valence-corrected chi connectivity index (χ3v) is 6.00. The number of nitrogens with zero attached hydrogens (tertiary/aromatic N) is 3. The van der Waals surface area contributed by atoms with Crippen LogP contribution in [0.25, 0.3) is 11.0 Å². The van der Waals surface area contributed by atoms with Gasteiger partial charge >= 0.3 is 12.1 Å². The van der Waals surface area contributed by atoms with Gasteiger partial charge in [-0.15, -0.1) is 0 Å². The van der Waals surface area contributed by atoms with Crippen molar-refractivity contribution in [3.8, 4) is 5.75 Å². The van der Waals surface area contributed by atoms with Gasteiger partial charge in [-0.2, -0.15) is 0 Å². The number of para-hydroxylation sites is 2. The van der Waals surface area contributed by atoms with Crippen LogP contribution in [0.15, 0.2) is 48.5 Å². The van der Waals surface area contributed by atoms with E-state index in [-0.39, 0.29) is 12.1 Å². The molecule has 4 N–H and O–H groups in total. The average Bonchev–Trinajstić information content (AvgIpc) is 3.29. The molecule has 1 aliphatic rings. The molecular weight excluding hydrogens is 436 g/mol. The fourth-order valence-corrected chi connectivity index (χ4v) is 4.05. The number of fused-ring (bicyclic) bond motifs is 1. The van der Waals surface area contributed by atoms with Crippen molar-refractivity contribution in [2.75, 3.05) is 46.4 Å². The van der Waals surface area contributed by atoms with Crippen LogP contribution in [0, 0.1) is 0 Å². The summed E-state index contributed by atoms with van der Waals surface area (Å²) in [5.74, 6) is 1.47. The largest absolute Gasteiger partial charge is 0.497 e. The molecule has 1 aliphatic heterocycles. The minimum atomic E-state index is -0.884. The number of H-pyrrole nitrogens is 1. The quantitative estimate of drug-likeness (QED) is 0.404. The molecule has 1 fully saturated rings. The minimum Gasteiger partial charge on any atom is -0.497 e. The van der Waals surface area contributed by atoms with Crippen molar-refractivity contribution in [3.63, 3.8) is 0 Å². The second kappa shape index (κ2) is 10.9. The van der Waals surface area contributed by atoms with E-state index in [0.717, 1.165) is 22.3 Å². The Bertz CT molecular complexity index is 1080. The molecule has 4 rings (SSSR count). The van der Waals surface area contributed by atoms with Crippen LogP contribution < -0.4 is 15.4 Å². The van der Waals surface area contributed by atoms with Crippen LogP contribution in [-0.2, 0) is 6.42 Å². The van der Waals surface area contributed by atoms with Gasteiger partial charge in [-0.1, -0.05) is 24.3 Å². The topological polar surface area (TPSA) is 123 Å². The minimum absolute atomic E-state index is 0.275. The molecule has 0 radical (unpaired) electrons. The van der Waals surface area contributed by atoms with E-state index >= 15 is 0 Å². The number of aromatic nitrogens is 2. The van der Waals surface area contributed by atoms with Crippen molar-refractivity contribution in [3.05, 3.63) is 59.9 Å². The van der Waals surface area contributed by atoms with Gasteiger partial charge in [0.2, 0.25) is 0 Å². The number of nitrogens with one attached hydrogen (secondary N) is 3. The predicted octanol–water partition coefficient (Wildman–Crippen LogP) is 2.45. The number of piperazine rings is 1. The van der Waals surface area contributed by atoms with E-state index in [1.165, 1.54) is 4.90 Å². The van der Waals surface area contributed by atoms with E-state index in [9.17, 15) is 9.59 Å². The summed E-state index contributed by atoms with van der Waals surface area (Å²) in [6, 6.07) is 14.9. The lowest BCUT2D eigenvalue weighted by Gasteiger charge is -2.33. The summed E-state index contributed by atoms with van der Waals surface area (Å²) in [7, 11) is 1.63. The summed E-state index contributed by atoms with van der Waals surface area (Å²) < 4.78 is 5.24. The highest BCUT2D eigenvalue weighted by molar-refractivity contribution is 5.76. The van der Waals surface area contributed by atoms with Gasteiger partial charge in [-0.25, -0.2) is 14.6 Å². The van der Waals surface area contributed by atoms with E-state index < -0.39 is 6.09 Å². The zero-order valence-electron chi connectivity index (χ0n) is 19.2. The van der Waals surface area contributed by atoms with Crippen LogP contribution in [0.4, 0.5) is 9.59 Å². The molecule has 10 heteroatoms. The Hall–Kier alpha value is -3.79. The van der Waals surface area contributed by atoms with Gasteiger partial charge in [0.15, 0.2) is 0 Å². The SMILES string of the molecule is COc1ccc(CC(NC(=O)NCCN2CCN(C(=O)O)CC2)c2nc3ccccc3[nH]2)cc1. The van der Waals surface area contributed by atoms with Gasteiger partial charge in [0.05, 0.1) is 24.2 Å². The molecule has 1 saturated heterocycles. The molecule has 0 spiro atoms. The number of urea groups is 1. The van der Waals surface area contributed by atoms with E-state index in [0.29, 0.717) is 51.5 Å². The van der Waals surface area contributed by atoms with E-state index in [2.05, 4.69) is 25.5 Å². The third kappa shape index (κ3) is 5.96. The predicted molar refractivity (Wildman–Crippen MR) is 128 cm³/mol. The number of hydrogen-bond acceptors (Lipinski definition) is 5. The highest BCUT2D eigenvalue weighted by Crippen LogP contribution is 2.21. The molecule has 2 aromatic carbocycles. The second-order valence-corrected chi connectivity index (χ2v) is 8.26.